The number of rotatable bonds is 3. The SMILES string of the molecule is c1ccc(-c2nc(-c3ccc4cc5c(cc4c3)sc3ccccc35)nc(-c3cccc4c3ccc3ccccc34)n2)cc1. The van der Waals surface area contributed by atoms with Crippen LogP contribution < -0.4 is 0 Å². The number of thiophene rings is 1. The summed E-state index contributed by atoms with van der Waals surface area (Å²) in [6.45, 7) is 0. The number of nitrogens with zero attached hydrogens (tertiary/aromatic N) is 3. The Morgan fingerprint density at radius 1 is 0.349 bits per heavy atom. The fourth-order valence-electron chi connectivity index (χ4n) is 6.18. The first-order chi connectivity index (χ1) is 21.3. The standard InChI is InChI=1S/C39H23N3S/c1-2-10-25(11-3-1)37-40-38(27-18-17-26-22-34-32-13-6-7-16-35(32)43-36(34)23-28(26)21-27)42-39(41-37)33-15-8-14-30-29-12-5-4-9-24(29)19-20-31(30)33/h1-23H. The first-order valence-electron chi connectivity index (χ1n) is 14.4. The van der Waals surface area contributed by atoms with Crippen LogP contribution in [-0.4, -0.2) is 15.0 Å². The average molecular weight is 566 g/mol. The molecule has 0 saturated carbocycles. The second-order valence-electron chi connectivity index (χ2n) is 10.9. The van der Waals surface area contributed by atoms with E-state index in [1.807, 2.05) is 29.5 Å². The molecule has 0 unspecified atom stereocenters. The van der Waals surface area contributed by atoms with E-state index in [1.54, 1.807) is 0 Å². The molecule has 200 valence electrons. The molecule has 0 atom stereocenters. The van der Waals surface area contributed by atoms with Crippen molar-refractivity contribution in [3.8, 4) is 34.2 Å². The molecule has 4 heteroatoms. The Morgan fingerprint density at radius 3 is 1.98 bits per heavy atom. The molecule has 3 nitrogen and oxygen atoms in total. The van der Waals surface area contributed by atoms with Gasteiger partial charge in [0.05, 0.1) is 0 Å². The molecular formula is C39H23N3S. The molecule has 9 aromatic rings. The van der Waals surface area contributed by atoms with Gasteiger partial charge >= 0.3 is 0 Å². The normalized spacial score (nSPS) is 11.7. The van der Waals surface area contributed by atoms with Crippen molar-refractivity contribution in [3.05, 3.63) is 140 Å². The quantitative estimate of drug-likeness (QED) is 0.200. The Labute approximate surface area is 251 Å². The van der Waals surface area contributed by atoms with Crippen molar-refractivity contribution >= 4 is 63.8 Å². The van der Waals surface area contributed by atoms with E-state index in [-0.39, 0.29) is 0 Å². The molecule has 43 heavy (non-hydrogen) atoms. The summed E-state index contributed by atoms with van der Waals surface area (Å²) >= 11 is 1.84. The summed E-state index contributed by atoms with van der Waals surface area (Å²) < 4.78 is 2.60. The van der Waals surface area contributed by atoms with Crippen molar-refractivity contribution in [1.82, 2.24) is 15.0 Å². The number of hydrogen-bond donors (Lipinski definition) is 0. The van der Waals surface area contributed by atoms with E-state index in [0.29, 0.717) is 17.5 Å². The molecule has 2 aromatic heterocycles. The summed E-state index contributed by atoms with van der Waals surface area (Å²) in [7, 11) is 0. The van der Waals surface area contributed by atoms with Crippen LogP contribution in [0.5, 0.6) is 0 Å². The number of benzene rings is 7. The highest BCUT2D eigenvalue weighted by atomic mass is 32.1. The largest absolute Gasteiger partial charge is 0.208 e. The molecule has 0 saturated heterocycles. The van der Waals surface area contributed by atoms with E-state index in [1.165, 1.54) is 47.1 Å². The van der Waals surface area contributed by atoms with Gasteiger partial charge in [-0.05, 0) is 56.6 Å². The van der Waals surface area contributed by atoms with Gasteiger partial charge in [-0.3, -0.25) is 0 Å². The van der Waals surface area contributed by atoms with Crippen LogP contribution >= 0.6 is 11.3 Å². The molecule has 0 amide bonds. The molecule has 0 spiro atoms. The predicted octanol–water partition coefficient (Wildman–Crippen LogP) is 10.7. The van der Waals surface area contributed by atoms with E-state index in [2.05, 4.69) is 121 Å². The monoisotopic (exact) mass is 565 g/mol. The number of aromatic nitrogens is 3. The molecule has 0 N–H and O–H groups in total. The zero-order valence-electron chi connectivity index (χ0n) is 23.0. The summed E-state index contributed by atoms with van der Waals surface area (Å²) in [6, 6.07) is 49.2. The minimum atomic E-state index is 0.665. The van der Waals surface area contributed by atoms with Crippen LogP contribution in [0.2, 0.25) is 0 Å². The summed E-state index contributed by atoms with van der Waals surface area (Å²) in [5.74, 6) is 2.00. The van der Waals surface area contributed by atoms with Crippen molar-refractivity contribution in [2.75, 3.05) is 0 Å². The summed E-state index contributed by atoms with van der Waals surface area (Å²) in [4.78, 5) is 15.2. The lowest BCUT2D eigenvalue weighted by Gasteiger charge is -2.12. The third-order valence-electron chi connectivity index (χ3n) is 8.29. The molecule has 0 aliphatic heterocycles. The molecule has 0 radical (unpaired) electrons. The fraction of sp³-hybridized carbons (Fsp3) is 0. The Kier molecular flexibility index (Phi) is 5.37. The van der Waals surface area contributed by atoms with Gasteiger partial charge in [0.25, 0.3) is 0 Å². The van der Waals surface area contributed by atoms with Gasteiger partial charge in [0, 0.05) is 36.9 Å². The van der Waals surface area contributed by atoms with Crippen LogP contribution in [0.1, 0.15) is 0 Å². The zero-order valence-corrected chi connectivity index (χ0v) is 23.8. The van der Waals surface area contributed by atoms with Gasteiger partial charge in [-0.1, -0.05) is 115 Å². The number of fused-ring (bicyclic) bond motifs is 7. The zero-order chi connectivity index (χ0) is 28.3. The highest BCUT2D eigenvalue weighted by Gasteiger charge is 2.16. The minimum absolute atomic E-state index is 0.665. The van der Waals surface area contributed by atoms with E-state index in [9.17, 15) is 0 Å². The third kappa shape index (κ3) is 3.99. The van der Waals surface area contributed by atoms with Crippen LogP contribution in [0.4, 0.5) is 0 Å². The molecule has 2 heterocycles. The van der Waals surface area contributed by atoms with Crippen molar-refractivity contribution in [1.29, 1.82) is 0 Å². The van der Waals surface area contributed by atoms with Gasteiger partial charge in [-0.25, -0.2) is 15.0 Å². The van der Waals surface area contributed by atoms with Crippen LogP contribution in [0, 0.1) is 0 Å². The van der Waals surface area contributed by atoms with Crippen molar-refractivity contribution in [2.24, 2.45) is 0 Å². The Morgan fingerprint density at radius 2 is 1.07 bits per heavy atom. The summed E-state index contributed by atoms with van der Waals surface area (Å²) in [5, 5.41) is 9.76. The van der Waals surface area contributed by atoms with Crippen LogP contribution in [0.25, 0.3) is 86.7 Å². The summed E-state index contributed by atoms with van der Waals surface area (Å²) in [5.41, 5.74) is 2.93. The second-order valence-corrected chi connectivity index (χ2v) is 12.0. The second kappa shape index (κ2) is 9.55. The van der Waals surface area contributed by atoms with Gasteiger partial charge in [0.15, 0.2) is 17.5 Å². The lowest BCUT2D eigenvalue weighted by Crippen LogP contribution is -2.00. The lowest BCUT2D eigenvalue weighted by molar-refractivity contribution is 1.08. The Hall–Kier alpha value is -5.45. The van der Waals surface area contributed by atoms with Crippen LogP contribution in [0.15, 0.2) is 140 Å². The maximum atomic E-state index is 5.11. The van der Waals surface area contributed by atoms with Gasteiger partial charge in [-0.2, -0.15) is 0 Å². The van der Waals surface area contributed by atoms with Gasteiger partial charge < -0.3 is 0 Å². The van der Waals surface area contributed by atoms with E-state index in [0.717, 1.165) is 22.1 Å². The maximum absolute atomic E-state index is 5.11. The Bertz CT molecular complexity index is 2510. The summed E-state index contributed by atoms with van der Waals surface area (Å²) in [6.07, 6.45) is 0. The van der Waals surface area contributed by atoms with E-state index in [4.69, 9.17) is 15.0 Å². The van der Waals surface area contributed by atoms with Gasteiger partial charge in [0.2, 0.25) is 0 Å². The van der Waals surface area contributed by atoms with E-state index >= 15 is 0 Å². The molecule has 0 aliphatic rings. The lowest BCUT2D eigenvalue weighted by atomic mass is 9.98. The molecule has 0 bridgehead atoms. The molecule has 9 rings (SSSR count). The van der Waals surface area contributed by atoms with Crippen LogP contribution in [0.3, 0.4) is 0 Å². The van der Waals surface area contributed by atoms with Crippen molar-refractivity contribution in [2.45, 2.75) is 0 Å². The molecular weight excluding hydrogens is 543 g/mol. The molecule has 0 aliphatic carbocycles. The Balaban J connectivity index is 1.26. The highest BCUT2D eigenvalue weighted by molar-refractivity contribution is 7.25. The number of hydrogen-bond acceptors (Lipinski definition) is 4. The molecule has 0 fully saturated rings. The minimum Gasteiger partial charge on any atom is -0.208 e. The first kappa shape index (κ1) is 24.2. The maximum Gasteiger partial charge on any atom is 0.164 e. The van der Waals surface area contributed by atoms with Crippen LogP contribution in [-0.2, 0) is 0 Å². The topological polar surface area (TPSA) is 38.7 Å². The highest BCUT2D eigenvalue weighted by Crippen LogP contribution is 2.38. The van der Waals surface area contributed by atoms with E-state index < -0.39 is 0 Å². The van der Waals surface area contributed by atoms with Crippen molar-refractivity contribution in [3.63, 3.8) is 0 Å². The molecule has 7 aromatic carbocycles. The average Bonchev–Trinajstić information content (AvgIpc) is 3.44. The van der Waals surface area contributed by atoms with Crippen molar-refractivity contribution < 1.29 is 0 Å². The third-order valence-corrected chi connectivity index (χ3v) is 9.42. The fourth-order valence-corrected chi connectivity index (χ4v) is 7.32. The van der Waals surface area contributed by atoms with Gasteiger partial charge in [0.1, 0.15) is 0 Å². The smallest absolute Gasteiger partial charge is 0.164 e. The predicted molar refractivity (Wildman–Crippen MR) is 182 cm³/mol. The first-order valence-corrected chi connectivity index (χ1v) is 15.2. The van der Waals surface area contributed by atoms with Gasteiger partial charge in [-0.15, -0.1) is 11.3 Å².